The number of aryl methyl sites for hydroxylation is 3. The van der Waals surface area contributed by atoms with Gasteiger partial charge in [0.15, 0.2) is 0 Å². The Hall–Kier alpha value is -2.82. The van der Waals surface area contributed by atoms with Crippen LogP contribution in [0.25, 0.3) is 42.1 Å². The second kappa shape index (κ2) is 6.91. The molecule has 0 spiro atoms. The molecular formula is C25H20BO2S. The van der Waals surface area contributed by atoms with Crippen molar-refractivity contribution in [2.75, 3.05) is 0 Å². The van der Waals surface area contributed by atoms with Crippen molar-refractivity contribution in [1.82, 2.24) is 0 Å². The largest absolute Gasteiger partial charge is 0.569 e. The van der Waals surface area contributed by atoms with Crippen LogP contribution in [0.2, 0.25) is 0 Å². The highest BCUT2D eigenvalue weighted by Gasteiger charge is 2.18. The molecule has 1 N–H and O–H groups in total. The third-order valence-electron chi connectivity index (χ3n) is 5.58. The van der Waals surface area contributed by atoms with E-state index in [-0.39, 0.29) is 0 Å². The molecule has 141 valence electrons. The Morgan fingerprint density at radius 3 is 2.31 bits per heavy atom. The predicted octanol–water partition coefficient (Wildman–Crippen LogP) is 6.71. The Morgan fingerprint density at radius 1 is 0.828 bits per heavy atom. The number of benzene rings is 4. The number of rotatable bonds is 3. The van der Waals surface area contributed by atoms with E-state index in [0.717, 1.165) is 17.8 Å². The van der Waals surface area contributed by atoms with Gasteiger partial charge in [0.1, 0.15) is 5.75 Å². The Bertz CT molecular complexity index is 1380. The number of fused-ring (bicyclic) bond motifs is 5. The molecule has 2 nitrogen and oxygen atoms in total. The first-order valence-electron chi connectivity index (χ1n) is 9.66. The Kier molecular flexibility index (Phi) is 4.34. The van der Waals surface area contributed by atoms with E-state index in [4.69, 9.17) is 4.65 Å². The van der Waals surface area contributed by atoms with Crippen LogP contribution in [0.15, 0.2) is 60.7 Å². The highest BCUT2D eigenvalue weighted by molar-refractivity contribution is 7.27. The first kappa shape index (κ1) is 18.2. The van der Waals surface area contributed by atoms with E-state index < -0.39 is 0 Å². The van der Waals surface area contributed by atoms with Gasteiger partial charge in [-0.05, 0) is 54.3 Å². The maximum absolute atomic E-state index is 9.31. The third-order valence-corrected chi connectivity index (χ3v) is 6.84. The lowest BCUT2D eigenvalue weighted by Crippen LogP contribution is -1.99. The summed E-state index contributed by atoms with van der Waals surface area (Å²) in [4.78, 5) is 0. The molecule has 0 saturated carbocycles. The molecular weight excluding hydrogens is 375 g/mol. The summed E-state index contributed by atoms with van der Waals surface area (Å²) in [6.07, 6.45) is 0. The van der Waals surface area contributed by atoms with Crippen LogP contribution < -0.4 is 4.65 Å². The molecule has 0 fully saturated rings. The average molecular weight is 395 g/mol. The predicted molar refractivity (Wildman–Crippen MR) is 125 cm³/mol. The lowest BCUT2D eigenvalue weighted by atomic mass is 9.92. The van der Waals surface area contributed by atoms with E-state index in [2.05, 4.69) is 69.3 Å². The summed E-state index contributed by atoms with van der Waals surface area (Å²) in [5, 5.41) is 14.0. The third kappa shape index (κ3) is 2.83. The molecule has 0 bridgehead atoms. The van der Waals surface area contributed by atoms with Crippen molar-refractivity contribution in [1.29, 1.82) is 0 Å². The van der Waals surface area contributed by atoms with Crippen LogP contribution in [-0.2, 0) is 0 Å². The molecule has 5 aromatic rings. The minimum absolute atomic E-state index is 0.686. The van der Waals surface area contributed by atoms with Gasteiger partial charge in [-0.2, -0.15) is 0 Å². The van der Waals surface area contributed by atoms with Gasteiger partial charge in [0.2, 0.25) is 0 Å². The molecule has 5 rings (SSSR count). The van der Waals surface area contributed by atoms with Crippen LogP contribution in [0.3, 0.4) is 0 Å². The SMILES string of the molecule is Cc1cc(C)c(-c2cccc3c2sc2c(O[B]O)cc4ccccc4c23)c(C)c1. The number of hydrogen-bond donors (Lipinski definition) is 1. The lowest BCUT2D eigenvalue weighted by Gasteiger charge is -2.12. The van der Waals surface area contributed by atoms with Crippen LogP contribution >= 0.6 is 11.3 Å². The van der Waals surface area contributed by atoms with Gasteiger partial charge in [0.05, 0.1) is 4.70 Å². The molecule has 0 amide bonds. The first-order valence-corrected chi connectivity index (χ1v) is 10.5. The summed E-state index contributed by atoms with van der Waals surface area (Å²) >= 11 is 1.73. The fraction of sp³-hybridized carbons (Fsp3) is 0.120. The van der Waals surface area contributed by atoms with Crippen molar-refractivity contribution >= 4 is 50.0 Å². The summed E-state index contributed by atoms with van der Waals surface area (Å²) in [5.41, 5.74) is 6.41. The van der Waals surface area contributed by atoms with E-state index in [1.165, 1.54) is 48.7 Å². The Morgan fingerprint density at radius 2 is 1.55 bits per heavy atom. The molecule has 0 atom stereocenters. The van der Waals surface area contributed by atoms with Gasteiger partial charge >= 0.3 is 7.69 Å². The van der Waals surface area contributed by atoms with Crippen molar-refractivity contribution in [3.63, 3.8) is 0 Å². The maximum atomic E-state index is 9.31. The molecule has 0 saturated heterocycles. The fourth-order valence-corrected chi connectivity index (χ4v) is 5.86. The van der Waals surface area contributed by atoms with Gasteiger partial charge in [0, 0.05) is 21.0 Å². The molecule has 1 aromatic heterocycles. The highest BCUT2D eigenvalue weighted by Crippen LogP contribution is 2.47. The number of hydrogen-bond acceptors (Lipinski definition) is 3. The van der Waals surface area contributed by atoms with Crippen molar-refractivity contribution in [2.45, 2.75) is 20.8 Å². The molecule has 29 heavy (non-hydrogen) atoms. The van der Waals surface area contributed by atoms with E-state index >= 15 is 0 Å². The van der Waals surface area contributed by atoms with Gasteiger partial charge in [-0.15, -0.1) is 11.3 Å². The minimum atomic E-state index is 0.686. The van der Waals surface area contributed by atoms with Gasteiger partial charge in [-0.3, -0.25) is 0 Å². The summed E-state index contributed by atoms with van der Waals surface area (Å²) in [6, 6.07) is 21.4. The van der Waals surface area contributed by atoms with Crippen LogP contribution in [0.4, 0.5) is 0 Å². The molecule has 0 aliphatic rings. The van der Waals surface area contributed by atoms with Crippen LogP contribution in [0.5, 0.6) is 5.75 Å². The first-order chi connectivity index (χ1) is 14.1. The molecule has 1 radical (unpaired) electrons. The zero-order valence-electron chi connectivity index (χ0n) is 16.6. The van der Waals surface area contributed by atoms with Gasteiger partial charge in [-0.1, -0.05) is 60.2 Å². The average Bonchev–Trinajstić information content (AvgIpc) is 3.09. The Balaban J connectivity index is 1.94. The standard InChI is InChI=1S/C25H20BO2S/c1-14-11-15(2)22(16(3)12-14)19-9-6-10-20-23-18-8-5-4-7-17(18)13-21(28-26-27)25(23)29-24(19)20/h4-13,27H,1-3H3. The fourth-order valence-electron chi connectivity index (χ4n) is 4.56. The number of thiophene rings is 1. The van der Waals surface area contributed by atoms with E-state index in [9.17, 15) is 5.02 Å². The molecule has 0 aliphatic carbocycles. The summed E-state index contributed by atoms with van der Waals surface area (Å²) in [7, 11) is 0.767. The summed E-state index contributed by atoms with van der Waals surface area (Å²) < 4.78 is 7.81. The van der Waals surface area contributed by atoms with Crippen molar-refractivity contribution in [2.24, 2.45) is 0 Å². The molecule has 0 unspecified atom stereocenters. The summed E-state index contributed by atoms with van der Waals surface area (Å²) in [6.45, 7) is 6.52. The minimum Gasteiger partial charge on any atom is -0.536 e. The molecule has 4 heteroatoms. The monoisotopic (exact) mass is 395 g/mol. The van der Waals surface area contributed by atoms with Crippen LogP contribution in [0, 0.1) is 20.8 Å². The molecule has 1 heterocycles. The quantitative estimate of drug-likeness (QED) is 0.344. The van der Waals surface area contributed by atoms with Gasteiger partial charge in [0.25, 0.3) is 0 Å². The molecule has 4 aromatic carbocycles. The zero-order valence-corrected chi connectivity index (χ0v) is 17.4. The van der Waals surface area contributed by atoms with Crippen molar-refractivity contribution < 1.29 is 9.68 Å². The lowest BCUT2D eigenvalue weighted by molar-refractivity contribution is 0.457. The second-order valence-electron chi connectivity index (χ2n) is 7.58. The van der Waals surface area contributed by atoms with E-state index in [0.29, 0.717) is 5.75 Å². The molecule has 0 aliphatic heterocycles. The van der Waals surface area contributed by atoms with Crippen LogP contribution in [0.1, 0.15) is 16.7 Å². The smallest absolute Gasteiger partial charge is 0.536 e. The normalized spacial score (nSPS) is 11.4. The van der Waals surface area contributed by atoms with Gasteiger partial charge < -0.3 is 9.68 Å². The van der Waals surface area contributed by atoms with E-state index in [1.807, 2.05) is 12.1 Å². The highest BCUT2D eigenvalue weighted by atomic mass is 32.1. The van der Waals surface area contributed by atoms with E-state index in [1.54, 1.807) is 11.3 Å². The topological polar surface area (TPSA) is 29.5 Å². The zero-order chi connectivity index (χ0) is 20.1. The Labute approximate surface area is 174 Å². The van der Waals surface area contributed by atoms with Crippen molar-refractivity contribution in [3.8, 4) is 16.9 Å². The maximum Gasteiger partial charge on any atom is 0.569 e. The van der Waals surface area contributed by atoms with Gasteiger partial charge in [-0.25, -0.2) is 0 Å². The summed E-state index contributed by atoms with van der Waals surface area (Å²) in [5.74, 6) is 0.686. The van der Waals surface area contributed by atoms with Crippen molar-refractivity contribution in [3.05, 3.63) is 77.4 Å². The second-order valence-corrected chi connectivity index (χ2v) is 8.60. The van der Waals surface area contributed by atoms with Crippen LogP contribution in [-0.4, -0.2) is 12.7 Å².